The number of amides is 1. The number of nitrogens with zero attached hydrogens (tertiary/aromatic N) is 2. The summed E-state index contributed by atoms with van der Waals surface area (Å²) in [6.45, 7) is 5.91. The summed E-state index contributed by atoms with van der Waals surface area (Å²) in [4.78, 5) is 19.4. The fraction of sp³-hybridized carbons (Fsp3) is 0.185. The van der Waals surface area contributed by atoms with Gasteiger partial charge in [0, 0.05) is 5.56 Å². The van der Waals surface area contributed by atoms with Crippen molar-refractivity contribution in [3.8, 4) is 17.2 Å². The number of aliphatic imine (C=N–C) groups is 1. The van der Waals surface area contributed by atoms with E-state index in [-0.39, 0.29) is 23.3 Å². The van der Waals surface area contributed by atoms with Crippen LogP contribution in [0.4, 0.5) is 5.69 Å². The summed E-state index contributed by atoms with van der Waals surface area (Å²) in [5.74, 6) is 0.790. The van der Waals surface area contributed by atoms with Gasteiger partial charge in [0.15, 0.2) is 11.5 Å². The Balaban J connectivity index is 1.92. The van der Waals surface area contributed by atoms with Crippen LogP contribution < -0.4 is 9.64 Å². The van der Waals surface area contributed by atoms with Gasteiger partial charge in [0.1, 0.15) is 17.3 Å². The van der Waals surface area contributed by atoms with Gasteiger partial charge in [-0.1, -0.05) is 50.2 Å². The number of hydrogen-bond donors (Lipinski definition) is 2. The van der Waals surface area contributed by atoms with Crippen molar-refractivity contribution < 1.29 is 19.7 Å². The molecule has 33 heavy (non-hydrogen) atoms. The Morgan fingerprint density at radius 1 is 1.00 bits per heavy atom. The standard InChI is InChI=1S/C27H26N2O4/c1-16(2)20-15-21(17(3)12-24(20)31)29-22(13-18-10-11-23(30)25(14-18)33-4)27(32)28-26(29)19-8-6-5-7-9-19/h5-16,30-31H,1-4H3/b22-13-. The molecule has 3 aromatic rings. The smallest absolute Gasteiger partial charge is 0.296 e. The van der Waals surface area contributed by atoms with Gasteiger partial charge in [0.25, 0.3) is 5.91 Å². The summed E-state index contributed by atoms with van der Waals surface area (Å²) < 4.78 is 5.22. The highest BCUT2D eigenvalue weighted by atomic mass is 16.5. The normalized spacial score (nSPS) is 14.8. The number of anilines is 1. The third-order valence-corrected chi connectivity index (χ3v) is 5.63. The number of phenols is 2. The number of benzene rings is 3. The molecule has 6 nitrogen and oxygen atoms in total. The molecule has 0 aromatic heterocycles. The minimum atomic E-state index is -0.375. The monoisotopic (exact) mass is 442 g/mol. The lowest BCUT2D eigenvalue weighted by atomic mass is 9.98. The summed E-state index contributed by atoms with van der Waals surface area (Å²) in [7, 11) is 1.48. The van der Waals surface area contributed by atoms with Gasteiger partial charge >= 0.3 is 0 Å². The quantitative estimate of drug-likeness (QED) is 0.519. The van der Waals surface area contributed by atoms with Gasteiger partial charge in [-0.05, 0) is 59.9 Å². The molecule has 4 rings (SSSR count). The van der Waals surface area contributed by atoms with E-state index in [0.29, 0.717) is 22.8 Å². The molecule has 0 radical (unpaired) electrons. The third kappa shape index (κ3) is 4.20. The highest BCUT2D eigenvalue weighted by Gasteiger charge is 2.33. The number of hydrogen-bond acceptors (Lipinski definition) is 5. The lowest BCUT2D eigenvalue weighted by Gasteiger charge is -2.25. The van der Waals surface area contributed by atoms with Crippen molar-refractivity contribution >= 4 is 23.5 Å². The summed E-state index contributed by atoms with van der Waals surface area (Å²) >= 11 is 0. The number of phenolic OH excluding ortho intramolecular Hbond substituents is 2. The first-order valence-electron chi connectivity index (χ1n) is 10.7. The van der Waals surface area contributed by atoms with Gasteiger partial charge in [0.2, 0.25) is 0 Å². The number of carbonyl (C=O) groups is 1. The molecule has 168 valence electrons. The van der Waals surface area contributed by atoms with E-state index < -0.39 is 0 Å². The van der Waals surface area contributed by atoms with E-state index in [1.165, 1.54) is 13.2 Å². The zero-order valence-corrected chi connectivity index (χ0v) is 19.0. The zero-order valence-electron chi connectivity index (χ0n) is 19.0. The third-order valence-electron chi connectivity index (χ3n) is 5.63. The average molecular weight is 443 g/mol. The summed E-state index contributed by atoms with van der Waals surface area (Å²) in [5, 5.41) is 20.4. The molecule has 3 aromatic carbocycles. The van der Waals surface area contributed by atoms with Crippen LogP contribution >= 0.6 is 0 Å². The number of aromatic hydroxyl groups is 2. The number of carbonyl (C=O) groups excluding carboxylic acids is 1. The van der Waals surface area contributed by atoms with Crippen LogP contribution in [-0.4, -0.2) is 29.1 Å². The maximum atomic E-state index is 13.1. The van der Waals surface area contributed by atoms with Crippen molar-refractivity contribution in [2.24, 2.45) is 4.99 Å². The minimum absolute atomic E-state index is 0.0198. The maximum Gasteiger partial charge on any atom is 0.296 e. The van der Waals surface area contributed by atoms with Crippen LogP contribution in [0.15, 0.2) is 71.4 Å². The Bertz CT molecular complexity index is 1280. The fourth-order valence-corrected chi connectivity index (χ4v) is 3.91. The van der Waals surface area contributed by atoms with E-state index in [0.717, 1.165) is 22.4 Å². The number of ether oxygens (including phenoxy) is 1. The lowest BCUT2D eigenvalue weighted by Crippen LogP contribution is -2.28. The number of amidine groups is 1. The minimum Gasteiger partial charge on any atom is -0.508 e. The summed E-state index contributed by atoms with van der Waals surface area (Å²) in [6, 6.07) is 18.1. The molecule has 1 heterocycles. The van der Waals surface area contributed by atoms with E-state index in [1.807, 2.05) is 62.1 Å². The fourth-order valence-electron chi connectivity index (χ4n) is 3.91. The first-order chi connectivity index (χ1) is 15.8. The van der Waals surface area contributed by atoms with Crippen molar-refractivity contribution in [2.75, 3.05) is 12.0 Å². The molecule has 0 atom stereocenters. The molecular formula is C27H26N2O4. The second kappa shape index (κ2) is 8.82. The second-order valence-corrected chi connectivity index (χ2v) is 8.26. The Hall–Kier alpha value is -4.06. The molecule has 0 saturated heterocycles. The van der Waals surface area contributed by atoms with Crippen LogP contribution in [0.25, 0.3) is 6.08 Å². The number of rotatable bonds is 5. The molecule has 0 unspecified atom stereocenters. The zero-order chi connectivity index (χ0) is 23.7. The number of methoxy groups -OCH3 is 1. The van der Waals surface area contributed by atoms with Gasteiger partial charge in [-0.2, -0.15) is 4.99 Å². The van der Waals surface area contributed by atoms with E-state index >= 15 is 0 Å². The molecule has 0 fully saturated rings. The van der Waals surface area contributed by atoms with Gasteiger partial charge in [0.05, 0.1) is 12.8 Å². The highest BCUT2D eigenvalue weighted by Crippen LogP contribution is 2.38. The predicted octanol–water partition coefficient (Wildman–Crippen LogP) is 5.37. The average Bonchev–Trinajstić information content (AvgIpc) is 3.11. The second-order valence-electron chi connectivity index (χ2n) is 8.26. The largest absolute Gasteiger partial charge is 0.508 e. The Kier molecular flexibility index (Phi) is 5.92. The van der Waals surface area contributed by atoms with Crippen molar-refractivity contribution in [1.82, 2.24) is 0 Å². The summed E-state index contributed by atoms with van der Waals surface area (Å²) in [5.41, 5.74) is 4.21. The van der Waals surface area contributed by atoms with Crippen molar-refractivity contribution in [3.05, 3.63) is 88.6 Å². The van der Waals surface area contributed by atoms with Crippen LogP contribution in [-0.2, 0) is 4.79 Å². The molecule has 1 amide bonds. The lowest BCUT2D eigenvalue weighted by molar-refractivity contribution is -0.113. The Labute approximate surface area is 193 Å². The topological polar surface area (TPSA) is 82.4 Å². The molecule has 2 N–H and O–H groups in total. The van der Waals surface area contributed by atoms with Crippen LogP contribution in [0.3, 0.4) is 0 Å². The van der Waals surface area contributed by atoms with Crippen LogP contribution in [0, 0.1) is 6.92 Å². The summed E-state index contributed by atoms with van der Waals surface area (Å²) in [6.07, 6.45) is 1.73. The van der Waals surface area contributed by atoms with E-state index in [1.54, 1.807) is 24.3 Å². The molecule has 1 aliphatic rings. The van der Waals surface area contributed by atoms with E-state index in [9.17, 15) is 15.0 Å². The van der Waals surface area contributed by atoms with Crippen molar-refractivity contribution in [2.45, 2.75) is 26.7 Å². The SMILES string of the molecule is COc1cc(/C=C2/C(=O)N=C(c3ccccc3)N2c2cc(C(C)C)c(O)cc2C)ccc1O. The molecular weight excluding hydrogens is 416 g/mol. The van der Waals surface area contributed by atoms with Crippen LogP contribution in [0.2, 0.25) is 0 Å². The molecule has 6 heteroatoms. The predicted molar refractivity (Wildman–Crippen MR) is 130 cm³/mol. The Morgan fingerprint density at radius 2 is 1.73 bits per heavy atom. The highest BCUT2D eigenvalue weighted by molar-refractivity contribution is 6.28. The molecule has 0 bridgehead atoms. The molecule has 0 aliphatic carbocycles. The van der Waals surface area contributed by atoms with Crippen LogP contribution in [0.1, 0.15) is 42.0 Å². The van der Waals surface area contributed by atoms with Gasteiger partial charge < -0.3 is 14.9 Å². The Morgan fingerprint density at radius 3 is 2.39 bits per heavy atom. The van der Waals surface area contributed by atoms with Gasteiger partial charge in [-0.15, -0.1) is 0 Å². The van der Waals surface area contributed by atoms with Crippen molar-refractivity contribution in [3.63, 3.8) is 0 Å². The van der Waals surface area contributed by atoms with Gasteiger partial charge in [-0.3, -0.25) is 9.69 Å². The first kappa shape index (κ1) is 22.1. The first-order valence-corrected chi connectivity index (χ1v) is 10.7. The van der Waals surface area contributed by atoms with Gasteiger partial charge in [-0.25, -0.2) is 0 Å². The van der Waals surface area contributed by atoms with E-state index in [4.69, 9.17) is 4.74 Å². The van der Waals surface area contributed by atoms with E-state index in [2.05, 4.69) is 4.99 Å². The van der Waals surface area contributed by atoms with Crippen LogP contribution in [0.5, 0.6) is 17.2 Å². The molecule has 0 saturated carbocycles. The number of aryl methyl sites for hydroxylation is 1. The maximum absolute atomic E-state index is 13.1. The molecule has 0 spiro atoms. The molecule has 1 aliphatic heterocycles. The van der Waals surface area contributed by atoms with Crippen molar-refractivity contribution in [1.29, 1.82) is 0 Å².